The standard InChI is InChI=1S/C14H17FOS/c1-2-3-9-17-11-12-6-7-14(15)13(10-12)5-4-8-16/h6-7,10,16H,2-3,8-9,11H2,1H3. The summed E-state index contributed by atoms with van der Waals surface area (Å²) >= 11 is 1.85. The Hall–Kier alpha value is -0.980. The lowest BCUT2D eigenvalue weighted by molar-refractivity contribution is 0.350. The molecule has 92 valence electrons. The van der Waals surface area contributed by atoms with Crippen LogP contribution in [0.1, 0.15) is 30.9 Å². The quantitative estimate of drug-likeness (QED) is 0.641. The minimum Gasteiger partial charge on any atom is -0.384 e. The zero-order chi connectivity index (χ0) is 12.5. The molecule has 0 bridgehead atoms. The van der Waals surface area contributed by atoms with Crippen LogP contribution in [0.3, 0.4) is 0 Å². The number of rotatable bonds is 5. The molecular formula is C14H17FOS. The minimum atomic E-state index is -0.326. The highest BCUT2D eigenvalue weighted by atomic mass is 32.2. The number of aliphatic hydroxyl groups is 1. The van der Waals surface area contributed by atoms with Crippen LogP contribution in [-0.4, -0.2) is 17.5 Å². The second-order valence-electron chi connectivity index (χ2n) is 3.68. The molecular weight excluding hydrogens is 235 g/mol. The smallest absolute Gasteiger partial charge is 0.138 e. The first kappa shape index (κ1) is 14.1. The summed E-state index contributed by atoms with van der Waals surface area (Å²) in [5.74, 6) is 6.78. The average Bonchev–Trinajstić information content (AvgIpc) is 2.35. The fraction of sp³-hybridized carbons (Fsp3) is 0.429. The number of unbranched alkanes of at least 4 members (excludes halogenated alkanes) is 1. The SMILES string of the molecule is CCCCSCc1ccc(F)c(C#CCO)c1. The first-order chi connectivity index (χ1) is 8.27. The van der Waals surface area contributed by atoms with Gasteiger partial charge in [0.25, 0.3) is 0 Å². The van der Waals surface area contributed by atoms with Gasteiger partial charge in [-0.1, -0.05) is 31.3 Å². The number of hydrogen-bond acceptors (Lipinski definition) is 2. The van der Waals surface area contributed by atoms with Gasteiger partial charge >= 0.3 is 0 Å². The van der Waals surface area contributed by atoms with Crippen molar-refractivity contribution in [1.82, 2.24) is 0 Å². The van der Waals surface area contributed by atoms with Crippen LogP contribution in [0.25, 0.3) is 0 Å². The van der Waals surface area contributed by atoms with Gasteiger partial charge < -0.3 is 5.11 Å². The number of halogens is 1. The zero-order valence-corrected chi connectivity index (χ0v) is 10.8. The molecule has 0 unspecified atom stereocenters. The Morgan fingerprint density at radius 3 is 2.94 bits per heavy atom. The Bertz CT molecular complexity index is 406. The lowest BCUT2D eigenvalue weighted by Crippen LogP contribution is -1.89. The highest BCUT2D eigenvalue weighted by Crippen LogP contribution is 2.16. The molecule has 0 saturated carbocycles. The van der Waals surface area contributed by atoms with Crippen molar-refractivity contribution >= 4 is 11.8 Å². The molecule has 0 aliphatic rings. The van der Waals surface area contributed by atoms with E-state index in [2.05, 4.69) is 18.8 Å². The summed E-state index contributed by atoms with van der Waals surface area (Å²) < 4.78 is 13.3. The van der Waals surface area contributed by atoms with E-state index >= 15 is 0 Å². The Morgan fingerprint density at radius 2 is 2.24 bits per heavy atom. The van der Waals surface area contributed by atoms with E-state index in [1.54, 1.807) is 12.1 Å². The van der Waals surface area contributed by atoms with Crippen molar-refractivity contribution in [3.8, 4) is 11.8 Å². The van der Waals surface area contributed by atoms with E-state index in [4.69, 9.17) is 5.11 Å². The van der Waals surface area contributed by atoms with Crippen molar-refractivity contribution in [3.63, 3.8) is 0 Å². The highest BCUT2D eigenvalue weighted by molar-refractivity contribution is 7.98. The molecule has 0 radical (unpaired) electrons. The predicted octanol–water partition coefficient (Wildman–Crippen LogP) is 3.20. The van der Waals surface area contributed by atoms with Gasteiger partial charge in [-0.2, -0.15) is 11.8 Å². The van der Waals surface area contributed by atoms with Crippen molar-refractivity contribution < 1.29 is 9.50 Å². The molecule has 0 spiro atoms. The largest absolute Gasteiger partial charge is 0.384 e. The lowest BCUT2D eigenvalue weighted by atomic mass is 10.1. The third kappa shape index (κ3) is 5.25. The first-order valence-corrected chi connectivity index (χ1v) is 6.89. The molecule has 0 aliphatic carbocycles. The highest BCUT2D eigenvalue weighted by Gasteiger charge is 2.01. The van der Waals surface area contributed by atoms with Crippen molar-refractivity contribution in [1.29, 1.82) is 0 Å². The summed E-state index contributed by atoms with van der Waals surface area (Å²) in [7, 11) is 0. The topological polar surface area (TPSA) is 20.2 Å². The van der Waals surface area contributed by atoms with E-state index in [9.17, 15) is 4.39 Å². The normalized spacial score (nSPS) is 9.82. The molecule has 1 aromatic rings. The fourth-order valence-electron chi connectivity index (χ4n) is 1.33. The van der Waals surface area contributed by atoms with Gasteiger partial charge in [0.1, 0.15) is 12.4 Å². The molecule has 0 heterocycles. The third-order valence-corrected chi connectivity index (χ3v) is 3.36. The van der Waals surface area contributed by atoms with Crippen LogP contribution in [0.4, 0.5) is 4.39 Å². The molecule has 0 atom stereocenters. The number of thioether (sulfide) groups is 1. The van der Waals surface area contributed by atoms with E-state index in [0.717, 1.165) is 17.1 Å². The van der Waals surface area contributed by atoms with Crippen molar-refractivity contribution in [2.75, 3.05) is 12.4 Å². The second-order valence-corrected chi connectivity index (χ2v) is 4.79. The lowest BCUT2D eigenvalue weighted by Gasteiger charge is -2.03. The summed E-state index contributed by atoms with van der Waals surface area (Å²) in [5, 5.41) is 8.59. The molecule has 0 fully saturated rings. The maximum absolute atomic E-state index is 13.3. The van der Waals surface area contributed by atoms with E-state index in [1.807, 2.05) is 11.8 Å². The average molecular weight is 252 g/mol. The Morgan fingerprint density at radius 1 is 1.41 bits per heavy atom. The predicted molar refractivity (Wildman–Crippen MR) is 71.4 cm³/mol. The Labute approximate surface area is 106 Å². The number of benzene rings is 1. The molecule has 0 saturated heterocycles. The minimum absolute atomic E-state index is 0.241. The molecule has 1 rings (SSSR count). The summed E-state index contributed by atoms with van der Waals surface area (Å²) in [6.45, 7) is 1.93. The van der Waals surface area contributed by atoms with E-state index in [-0.39, 0.29) is 12.4 Å². The van der Waals surface area contributed by atoms with Crippen LogP contribution < -0.4 is 0 Å². The number of hydrogen-bond donors (Lipinski definition) is 1. The summed E-state index contributed by atoms with van der Waals surface area (Å²) in [5.41, 5.74) is 1.45. The molecule has 1 N–H and O–H groups in total. The van der Waals surface area contributed by atoms with Gasteiger partial charge in [0.2, 0.25) is 0 Å². The van der Waals surface area contributed by atoms with Gasteiger partial charge in [-0.05, 0) is 29.9 Å². The van der Waals surface area contributed by atoms with Gasteiger partial charge in [-0.15, -0.1) is 0 Å². The van der Waals surface area contributed by atoms with Crippen LogP contribution in [-0.2, 0) is 5.75 Å². The maximum Gasteiger partial charge on any atom is 0.138 e. The fourth-order valence-corrected chi connectivity index (χ4v) is 2.38. The van der Waals surface area contributed by atoms with Gasteiger partial charge in [0.15, 0.2) is 0 Å². The van der Waals surface area contributed by atoms with E-state index < -0.39 is 0 Å². The van der Waals surface area contributed by atoms with Crippen LogP contribution in [0.5, 0.6) is 0 Å². The zero-order valence-electron chi connectivity index (χ0n) is 10.0. The number of aliphatic hydroxyl groups excluding tert-OH is 1. The van der Waals surface area contributed by atoms with Crippen LogP contribution in [0.2, 0.25) is 0 Å². The maximum atomic E-state index is 13.3. The molecule has 1 nitrogen and oxygen atoms in total. The van der Waals surface area contributed by atoms with Gasteiger partial charge in [-0.3, -0.25) is 0 Å². The molecule has 0 aromatic heterocycles. The van der Waals surface area contributed by atoms with E-state index in [1.165, 1.54) is 18.9 Å². The third-order valence-electron chi connectivity index (χ3n) is 2.24. The van der Waals surface area contributed by atoms with Crippen LogP contribution in [0.15, 0.2) is 18.2 Å². The summed E-state index contributed by atoms with van der Waals surface area (Å²) in [6, 6.07) is 4.99. The molecule has 1 aromatic carbocycles. The first-order valence-electron chi connectivity index (χ1n) is 5.73. The van der Waals surface area contributed by atoms with Crippen molar-refractivity contribution in [2.45, 2.75) is 25.5 Å². The van der Waals surface area contributed by atoms with Gasteiger partial charge in [-0.25, -0.2) is 4.39 Å². The van der Waals surface area contributed by atoms with Gasteiger partial charge in [0, 0.05) is 5.75 Å². The Kier molecular flexibility index (Phi) is 6.76. The molecule has 3 heteroatoms. The second kappa shape index (κ2) is 8.16. The monoisotopic (exact) mass is 252 g/mol. The summed E-state index contributed by atoms with van der Waals surface area (Å²) in [6.07, 6.45) is 2.41. The van der Waals surface area contributed by atoms with Gasteiger partial charge in [0.05, 0.1) is 5.56 Å². The van der Waals surface area contributed by atoms with Crippen LogP contribution in [0, 0.1) is 17.7 Å². The molecule has 0 amide bonds. The van der Waals surface area contributed by atoms with Crippen molar-refractivity contribution in [3.05, 3.63) is 35.1 Å². The molecule has 17 heavy (non-hydrogen) atoms. The molecule has 0 aliphatic heterocycles. The summed E-state index contributed by atoms with van der Waals surface area (Å²) in [4.78, 5) is 0. The van der Waals surface area contributed by atoms with E-state index in [0.29, 0.717) is 5.56 Å². The Balaban J connectivity index is 2.61. The van der Waals surface area contributed by atoms with Crippen LogP contribution >= 0.6 is 11.8 Å². The van der Waals surface area contributed by atoms with Crippen molar-refractivity contribution in [2.24, 2.45) is 0 Å².